The largest absolute Gasteiger partial charge is 0.383 e. The minimum absolute atomic E-state index is 0.0799. The van der Waals surface area contributed by atoms with Gasteiger partial charge in [0.05, 0.1) is 30.4 Å². The van der Waals surface area contributed by atoms with Gasteiger partial charge < -0.3 is 20.3 Å². The minimum atomic E-state index is -0.103. The summed E-state index contributed by atoms with van der Waals surface area (Å²) in [4.78, 5) is 28.1. The summed E-state index contributed by atoms with van der Waals surface area (Å²) in [6.45, 7) is 4.47. The van der Waals surface area contributed by atoms with Gasteiger partial charge in [-0.2, -0.15) is 0 Å². The van der Waals surface area contributed by atoms with Gasteiger partial charge in [0, 0.05) is 39.8 Å². The molecule has 138 valence electrons. The molecule has 0 aliphatic carbocycles. The van der Waals surface area contributed by atoms with Gasteiger partial charge in [0.1, 0.15) is 0 Å². The van der Waals surface area contributed by atoms with Crippen molar-refractivity contribution in [2.75, 3.05) is 64.8 Å². The van der Waals surface area contributed by atoms with E-state index in [1.54, 1.807) is 19.2 Å². The second-order valence-corrected chi connectivity index (χ2v) is 6.26. The summed E-state index contributed by atoms with van der Waals surface area (Å²) in [7, 11) is 1.63. The van der Waals surface area contributed by atoms with Crippen molar-refractivity contribution in [3.8, 4) is 0 Å². The molecule has 1 aromatic rings. The molecule has 2 N–H and O–H groups in total. The van der Waals surface area contributed by atoms with Crippen LogP contribution in [0, 0.1) is 0 Å². The lowest BCUT2D eigenvalue weighted by molar-refractivity contribution is -0.132. The zero-order valence-electron chi connectivity index (χ0n) is 14.5. The van der Waals surface area contributed by atoms with Gasteiger partial charge in [0.15, 0.2) is 0 Å². The zero-order valence-corrected chi connectivity index (χ0v) is 15.2. The Bertz CT molecular complexity index is 577. The molecule has 1 heterocycles. The number of rotatable bonds is 8. The molecule has 0 bridgehead atoms. The van der Waals surface area contributed by atoms with Gasteiger partial charge >= 0.3 is 0 Å². The molecule has 0 saturated carbocycles. The molecule has 2 rings (SSSR count). The minimum Gasteiger partial charge on any atom is -0.383 e. The lowest BCUT2D eigenvalue weighted by Crippen LogP contribution is -2.52. The third-order valence-electron chi connectivity index (χ3n) is 4.00. The van der Waals surface area contributed by atoms with Gasteiger partial charge in [-0.3, -0.25) is 14.5 Å². The van der Waals surface area contributed by atoms with Gasteiger partial charge in [-0.1, -0.05) is 23.7 Å². The maximum absolute atomic E-state index is 12.1. The first-order valence-electron chi connectivity index (χ1n) is 8.34. The number of benzene rings is 1. The molecule has 0 spiro atoms. The summed E-state index contributed by atoms with van der Waals surface area (Å²) in [5.41, 5.74) is 0.616. The van der Waals surface area contributed by atoms with Crippen LogP contribution in [0.3, 0.4) is 0 Å². The standard InChI is InChI=1S/C17H25ClN4O3/c1-25-11-6-19-12-17(24)22-9-7-21(8-10-22)13-16(23)20-15-5-3-2-4-14(15)18/h2-5,19H,6-13H2,1H3,(H,20,23). The van der Waals surface area contributed by atoms with E-state index < -0.39 is 0 Å². The highest BCUT2D eigenvalue weighted by molar-refractivity contribution is 6.33. The zero-order chi connectivity index (χ0) is 18.1. The van der Waals surface area contributed by atoms with Crippen molar-refractivity contribution < 1.29 is 14.3 Å². The average Bonchev–Trinajstić information content (AvgIpc) is 2.61. The fourth-order valence-electron chi connectivity index (χ4n) is 2.59. The van der Waals surface area contributed by atoms with Crippen LogP contribution in [0.15, 0.2) is 24.3 Å². The summed E-state index contributed by atoms with van der Waals surface area (Å²) in [5, 5.41) is 6.39. The number of anilines is 1. The van der Waals surface area contributed by atoms with E-state index >= 15 is 0 Å². The van der Waals surface area contributed by atoms with Crippen molar-refractivity contribution in [1.82, 2.24) is 15.1 Å². The Kier molecular flexibility index (Phi) is 8.14. The number of para-hydroxylation sites is 1. The van der Waals surface area contributed by atoms with E-state index in [0.717, 1.165) is 0 Å². The second-order valence-electron chi connectivity index (χ2n) is 5.85. The third kappa shape index (κ3) is 6.62. The average molecular weight is 369 g/mol. The number of carbonyl (C=O) groups is 2. The summed E-state index contributed by atoms with van der Waals surface area (Å²) in [6.07, 6.45) is 0. The number of ether oxygens (including phenoxy) is 1. The third-order valence-corrected chi connectivity index (χ3v) is 4.33. The van der Waals surface area contributed by atoms with Crippen molar-refractivity contribution in [3.63, 3.8) is 0 Å². The van der Waals surface area contributed by atoms with Crippen molar-refractivity contribution in [2.45, 2.75) is 0 Å². The SMILES string of the molecule is COCCNCC(=O)N1CCN(CC(=O)Nc2ccccc2Cl)CC1. The molecule has 1 fully saturated rings. The van der Waals surface area contributed by atoms with Crippen molar-refractivity contribution in [2.24, 2.45) is 0 Å². The number of piperazine rings is 1. The van der Waals surface area contributed by atoms with Crippen LogP contribution >= 0.6 is 11.6 Å². The molecular formula is C17H25ClN4O3. The maximum atomic E-state index is 12.1. The van der Waals surface area contributed by atoms with Crippen LogP contribution in [-0.4, -0.2) is 81.1 Å². The fourth-order valence-corrected chi connectivity index (χ4v) is 2.78. The maximum Gasteiger partial charge on any atom is 0.238 e. The molecule has 0 aromatic heterocycles. The first kappa shape index (κ1) is 19.7. The van der Waals surface area contributed by atoms with E-state index in [9.17, 15) is 9.59 Å². The molecule has 2 amide bonds. The van der Waals surface area contributed by atoms with Crippen LogP contribution in [0.4, 0.5) is 5.69 Å². The molecular weight excluding hydrogens is 344 g/mol. The Morgan fingerprint density at radius 1 is 1.20 bits per heavy atom. The van der Waals surface area contributed by atoms with Gasteiger partial charge in [-0.25, -0.2) is 0 Å². The van der Waals surface area contributed by atoms with Gasteiger partial charge in [0.25, 0.3) is 0 Å². The Labute approximate surface area is 153 Å². The number of amides is 2. The van der Waals surface area contributed by atoms with E-state index in [1.807, 2.05) is 21.9 Å². The van der Waals surface area contributed by atoms with Crippen LogP contribution in [0.2, 0.25) is 5.02 Å². The van der Waals surface area contributed by atoms with E-state index in [4.69, 9.17) is 16.3 Å². The highest BCUT2D eigenvalue weighted by atomic mass is 35.5. The molecule has 8 heteroatoms. The van der Waals surface area contributed by atoms with Crippen molar-refractivity contribution in [3.05, 3.63) is 29.3 Å². The molecule has 1 saturated heterocycles. The first-order chi connectivity index (χ1) is 12.1. The Hall–Kier alpha value is -1.67. The molecule has 1 aliphatic heterocycles. The van der Waals surface area contributed by atoms with E-state index in [-0.39, 0.29) is 11.8 Å². The summed E-state index contributed by atoms with van der Waals surface area (Å²) >= 11 is 6.04. The quantitative estimate of drug-likeness (QED) is 0.659. The molecule has 1 aliphatic rings. The van der Waals surface area contributed by atoms with Gasteiger partial charge in [0.2, 0.25) is 11.8 Å². The Morgan fingerprint density at radius 2 is 1.92 bits per heavy atom. The van der Waals surface area contributed by atoms with Gasteiger partial charge in [-0.05, 0) is 12.1 Å². The highest BCUT2D eigenvalue weighted by Crippen LogP contribution is 2.20. The van der Waals surface area contributed by atoms with Crippen LogP contribution in [0.1, 0.15) is 0 Å². The smallest absolute Gasteiger partial charge is 0.238 e. The molecule has 0 radical (unpaired) electrons. The fraction of sp³-hybridized carbons (Fsp3) is 0.529. The summed E-state index contributed by atoms with van der Waals surface area (Å²) in [5.74, 6) is -0.0228. The number of nitrogens with zero attached hydrogens (tertiary/aromatic N) is 2. The molecule has 0 unspecified atom stereocenters. The molecule has 25 heavy (non-hydrogen) atoms. The Morgan fingerprint density at radius 3 is 2.60 bits per heavy atom. The van der Waals surface area contributed by atoms with Crippen LogP contribution < -0.4 is 10.6 Å². The van der Waals surface area contributed by atoms with Crippen molar-refractivity contribution in [1.29, 1.82) is 0 Å². The van der Waals surface area contributed by atoms with E-state index in [0.29, 0.717) is 63.1 Å². The predicted molar refractivity (Wildman–Crippen MR) is 97.8 cm³/mol. The number of methoxy groups -OCH3 is 1. The number of halogens is 1. The van der Waals surface area contributed by atoms with Gasteiger partial charge in [-0.15, -0.1) is 0 Å². The number of hydrogen-bond donors (Lipinski definition) is 2. The lowest BCUT2D eigenvalue weighted by atomic mass is 10.3. The molecule has 0 atom stereocenters. The van der Waals surface area contributed by atoms with Crippen LogP contribution in [0.5, 0.6) is 0 Å². The molecule has 1 aromatic carbocycles. The van der Waals surface area contributed by atoms with Crippen LogP contribution in [0.25, 0.3) is 0 Å². The number of hydrogen-bond acceptors (Lipinski definition) is 5. The topological polar surface area (TPSA) is 73.9 Å². The number of nitrogens with one attached hydrogen (secondary N) is 2. The summed E-state index contributed by atoms with van der Waals surface area (Å²) < 4.78 is 4.93. The lowest BCUT2D eigenvalue weighted by Gasteiger charge is -2.34. The van der Waals surface area contributed by atoms with Crippen LogP contribution in [-0.2, 0) is 14.3 Å². The van der Waals surface area contributed by atoms with Crippen molar-refractivity contribution >= 4 is 29.1 Å². The first-order valence-corrected chi connectivity index (χ1v) is 8.72. The Balaban J connectivity index is 1.68. The normalized spacial score (nSPS) is 15.2. The number of carbonyl (C=O) groups excluding carboxylic acids is 2. The highest BCUT2D eigenvalue weighted by Gasteiger charge is 2.22. The molecule has 7 nitrogen and oxygen atoms in total. The van der Waals surface area contributed by atoms with E-state index in [1.165, 1.54) is 0 Å². The monoisotopic (exact) mass is 368 g/mol. The van der Waals surface area contributed by atoms with E-state index in [2.05, 4.69) is 10.6 Å². The summed E-state index contributed by atoms with van der Waals surface area (Å²) in [6, 6.07) is 7.15. The second kappa shape index (κ2) is 10.4. The predicted octanol–water partition coefficient (Wildman–Crippen LogP) is 0.659.